The summed E-state index contributed by atoms with van der Waals surface area (Å²) in [6, 6.07) is 8.50. The van der Waals surface area contributed by atoms with Crippen LogP contribution in [0, 0.1) is 0 Å². The van der Waals surface area contributed by atoms with Crippen molar-refractivity contribution in [3.8, 4) is 0 Å². The topological polar surface area (TPSA) is 27.6 Å². The molecule has 96 valence electrons. The van der Waals surface area contributed by atoms with E-state index in [-0.39, 0.29) is 24.0 Å². The van der Waals surface area contributed by atoms with Crippen LogP contribution in [-0.2, 0) is 13.0 Å². The molecule has 0 radical (unpaired) electrons. The van der Waals surface area contributed by atoms with Gasteiger partial charge in [0, 0.05) is 27.7 Å². The standard InChI is InChI=1S/C13H21N3.HI/c1-5-11-8-6-7-9-12(11)10-15-13(14-2)16(3)4;/h6-9H,5,10H2,1-4H3,(H,14,15);1H. The summed E-state index contributed by atoms with van der Waals surface area (Å²) in [5, 5.41) is 3.34. The van der Waals surface area contributed by atoms with Crippen molar-refractivity contribution in [1.29, 1.82) is 0 Å². The SMILES string of the molecule is CCc1ccccc1CNC(=NC)N(C)C.I. The van der Waals surface area contributed by atoms with E-state index in [1.807, 2.05) is 19.0 Å². The third-order valence-corrected chi connectivity index (χ3v) is 2.57. The Labute approximate surface area is 121 Å². The van der Waals surface area contributed by atoms with Crippen molar-refractivity contribution in [1.82, 2.24) is 10.2 Å². The number of hydrogen-bond donors (Lipinski definition) is 1. The van der Waals surface area contributed by atoms with E-state index in [2.05, 4.69) is 41.5 Å². The molecule has 1 rings (SSSR count). The fraction of sp³-hybridized carbons (Fsp3) is 0.462. The Balaban J connectivity index is 0.00000256. The van der Waals surface area contributed by atoms with Crippen LogP contribution in [0.4, 0.5) is 0 Å². The average Bonchev–Trinajstić information content (AvgIpc) is 2.30. The minimum absolute atomic E-state index is 0. The summed E-state index contributed by atoms with van der Waals surface area (Å²) in [6.07, 6.45) is 1.07. The van der Waals surface area contributed by atoms with Gasteiger partial charge in [-0.05, 0) is 17.5 Å². The summed E-state index contributed by atoms with van der Waals surface area (Å²) in [5.41, 5.74) is 2.73. The van der Waals surface area contributed by atoms with Crippen LogP contribution in [-0.4, -0.2) is 32.0 Å². The van der Waals surface area contributed by atoms with Gasteiger partial charge in [-0.25, -0.2) is 0 Å². The van der Waals surface area contributed by atoms with Crippen LogP contribution in [0.5, 0.6) is 0 Å². The number of nitrogens with one attached hydrogen (secondary N) is 1. The Kier molecular flexibility index (Phi) is 7.95. The highest BCUT2D eigenvalue weighted by Gasteiger charge is 2.02. The molecule has 0 atom stereocenters. The van der Waals surface area contributed by atoms with E-state index in [4.69, 9.17) is 0 Å². The van der Waals surface area contributed by atoms with Gasteiger partial charge in [-0.2, -0.15) is 0 Å². The molecule has 0 heterocycles. The first kappa shape index (κ1) is 16.2. The van der Waals surface area contributed by atoms with Crippen molar-refractivity contribution in [2.75, 3.05) is 21.1 Å². The lowest BCUT2D eigenvalue weighted by molar-refractivity contribution is 0.582. The van der Waals surface area contributed by atoms with Gasteiger partial charge in [0.05, 0.1) is 0 Å². The Bertz CT molecular complexity index is 361. The lowest BCUT2D eigenvalue weighted by Gasteiger charge is -2.17. The second kappa shape index (κ2) is 8.33. The van der Waals surface area contributed by atoms with E-state index >= 15 is 0 Å². The number of halogens is 1. The molecule has 0 fully saturated rings. The number of aliphatic imine (C=N–C) groups is 1. The van der Waals surface area contributed by atoms with E-state index in [1.165, 1.54) is 11.1 Å². The average molecular weight is 347 g/mol. The highest BCUT2D eigenvalue weighted by Crippen LogP contribution is 2.08. The predicted molar refractivity (Wildman–Crippen MR) is 85.1 cm³/mol. The van der Waals surface area contributed by atoms with Crippen molar-refractivity contribution >= 4 is 29.9 Å². The molecule has 0 aliphatic rings. The van der Waals surface area contributed by atoms with Crippen LogP contribution < -0.4 is 5.32 Å². The molecule has 17 heavy (non-hydrogen) atoms. The molecule has 3 nitrogen and oxygen atoms in total. The monoisotopic (exact) mass is 347 g/mol. The molecule has 0 unspecified atom stereocenters. The molecule has 0 saturated carbocycles. The van der Waals surface area contributed by atoms with Crippen LogP contribution >= 0.6 is 24.0 Å². The van der Waals surface area contributed by atoms with Crippen LogP contribution in [0.25, 0.3) is 0 Å². The van der Waals surface area contributed by atoms with Gasteiger partial charge in [0.2, 0.25) is 0 Å². The lowest BCUT2D eigenvalue weighted by atomic mass is 10.1. The number of rotatable bonds is 3. The zero-order valence-corrected chi connectivity index (χ0v) is 13.4. The molecule has 1 aromatic carbocycles. The molecule has 0 spiro atoms. The number of guanidine groups is 1. The van der Waals surface area contributed by atoms with Crippen LogP contribution in [0.2, 0.25) is 0 Å². The third-order valence-electron chi connectivity index (χ3n) is 2.57. The summed E-state index contributed by atoms with van der Waals surface area (Å²) in [7, 11) is 5.77. The smallest absolute Gasteiger partial charge is 0.193 e. The van der Waals surface area contributed by atoms with Crippen LogP contribution in [0.15, 0.2) is 29.3 Å². The summed E-state index contributed by atoms with van der Waals surface area (Å²) in [4.78, 5) is 6.17. The minimum Gasteiger partial charge on any atom is -0.352 e. The van der Waals surface area contributed by atoms with E-state index in [0.29, 0.717) is 0 Å². The van der Waals surface area contributed by atoms with Gasteiger partial charge in [-0.1, -0.05) is 31.2 Å². The number of benzene rings is 1. The van der Waals surface area contributed by atoms with Crippen molar-refractivity contribution in [2.45, 2.75) is 19.9 Å². The maximum absolute atomic E-state index is 4.19. The quantitative estimate of drug-likeness (QED) is 0.517. The van der Waals surface area contributed by atoms with Gasteiger partial charge in [0.15, 0.2) is 5.96 Å². The fourth-order valence-electron chi connectivity index (χ4n) is 1.69. The summed E-state index contributed by atoms with van der Waals surface area (Å²) < 4.78 is 0. The Morgan fingerprint density at radius 2 is 1.82 bits per heavy atom. The Hall–Kier alpha value is -0.780. The van der Waals surface area contributed by atoms with Crippen molar-refractivity contribution in [3.05, 3.63) is 35.4 Å². The molecule has 1 N–H and O–H groups in total. The van der Waals surface area contributed by atoms with Crippen LogP contribution in [0.1, 0.15) is 18.1 Å². The second-order valence-corrected chi connectivity index (χ2v) is 3.92. The summed E-state index contributed by atoms with van der Waals surface area (Å²) in [6.45, 7) is 3.01. The van der Waals surface area contributed by atoms with Crippen molar-refractivity contribution < 1.29 is 0 Å². The summed E-state index contributed by atoms with van der Waals surface area (Å²) >= 11 is 0. The molecule has 0 bridgehead atoms. The van der Waals surface area contributed by atoms with Gasteiger partial charge in [-0.15, -0.1) is 24.0 Å². The first-order chi connectivity index (χ1) is 7.69. The Morgan fingerprint density at radius 1 is 1.24 bits per heavy atom. The maximum Gasteiger partial charge on any atom is 0.193 e. The van der Waals surface area contributed by atoms with Gasteiger partial charge >= 0.3 is 0 Å². The molecule has 0 amide bonds. The molecular formula is C13H22IN3. The minimum atomic E-state index is 0. The first-order valence-corrected chi connectivity index (χ1v) is 5.63. The largest absolute Gasteiger partial charge is 0.352 e. The highest BCUT2D eigenvalue weighted by atomic mass is 127. The zero-order valence-electron chi connectivity index (χ0n) is 11.0. The van der Waals surface area contributed by atoms with E-state index < -0.39 is 0 Å². The molecular weight excluding hydrogens is 325 g/mol. The molecule has 4 heteroatoms. The van der Waals surface area contributed by atoms with E-state index in [1.54, 1.807) is 7.05 Å². The van der Waals surface area contributed by atoms with Crippen molar-refractivity contribution in [2.24, 2.45) is 4.99 Å². The first-order valence-electron chi connectivity index (χ1n) is 5.63. The van der Waals surface area contributed by atoms with E-state index in [9.17, 15) is 0 Å². The lowest BCUT2D eigenvalue weighted by Crippen LogP contribution is -2.35. The molecule has 0 aromatic heterocycles. The maximum atomic E-state index is 4.19. The van der Waals surface area contributed by atoms with Gasteiger partial charge in [0.1, 0.15) is 0 Å². The normalized spacial score (nSPS) is 10.7. The molecule has 1 aromatic rings. The molecule has 0 aliphatic carbocycles. The van der Waals surface area contributed by atoms with Gasteiger partial charge in [0.25, 0.3) is 0 Å². The Morgan fingerprint density at radius 3 is 2.29 bits per heavy atom. The molecule has 0 saturated heterocycles. The highest BCUT2D eigenvalue weighted by molar-refractivity contribution is 14.0. The fourth-order valence-corrected chi connectivity index (χ4v) is 1.69. The predicted octanol–water partition coefficient (Wildman–Crippen LogP) is 2.50. The third kappa shape index (κ3) is 4.93. The zero-order chi connectivity index (χ0) is 12.0. The van der Waals surface area contributed by atoms with E-state index in [0.717, 1.165) is 18.9 Å². The van der Waals surface area contributed by atoms with Crippen LogP contribution in [0.3, 0.4) is 0 Å². The number of aryl methyl sites for hydroxylation is 1. The van der Waals surface area contributed by atoms with Crippen molar-refractivity contribution in [3.63, 3.8) is 0 Å². The summed E-state index contributed by atoms with van der Waals surface area (Å²) in [5.74, 6) is 0.908. The van der Waals surface area contributed by atoms with Gasteiger partial charge < -0.3 is 10.2 Å². The van der Waals surface area contributed by atoms with Gasteiger partial charge in [-0.3, -0.25) is 4.99 Å². The second-order valence-electron chi connectivity index (χ2n) is 3.92. The number of nitrogens with zero attached hydrogens (tertiary/aromatic N) is 2. The molecule has 0 aliphatic heterocycles. The number of hydrogen-bond acceptors (Lipinski definition) is 1.